The average Bonchev–Trinajstić information content (AvgIpc) is 2.60. The molecule has 0 aromatic rings. The van der Waals surface area contributed by atoms with Gasteiger partial charge in [-0.2, -0.15) is 0 Å². The van der Waals surface area contributed by atoms with E-state index in [0.717, 1.165) is 25.3 Å². The van der Waals surface area contributed by atoms with Crippen molar-refractivity contribution < 1.29 is 19.1 Å². The molecule has 0 unspecified atom stereocenters. The SMILES string of the molecule is CCNC(=NCCCC(=O)OCC)NC1CCN(C(=O)OCC)CC1. The molecule has 8 nitrogen and oxygen atoms in total. The van der Waals surface area contributed by atoms with Gasteiger partial charge < -0.3 is 25.0 Å². The molecule has 1 aliphatic heterocycles. The number of aliphatic imine (C=N–C) groups is 1. The smallest absolute Gasteiger partial charge is 0.409 e. The summed E-state index contributed by atoms with van der Waals surface area (Å²) in [5.74, 6) is 0.572. The minimum absolute atomic E-state index is 0.179. The number of carbonyl (C=O) groups is 2. The van der Waals surface area contributed by atoms with E-state index in [2.05, 4.69) is 15.6 Å². The van der Waals surface area contributed by atoms with E-state index < -0.39 is 0 Å². The van der Waals surface area contributed by atoms with Crippen molar-refractivity contribution in [2.24, 2.45) is 4.99 Å². The maximum atomic E-state index is 11.7. The number of esters is 1. The van der Waals surface area contributed by atoms with Gasteiger partial charge in [-0.05, 0) is 40.0 Å². The Morgan fingerprint density at radius 3 is 2.40 bits per heavy atom. The zero-order valence-corrected chi connectivity index (χ0v) is 15.7. The molecule has 1 amide bonds. The minimum Gasteiger partial charge on any atom is -0.466 e. The van der Waals surface area contributed by atoms with Gasteiger partial charge in [-0.3, -0.25) is 9.79 Å². The average molecular weight is 356 g/mol. The topological polar surface area (TPSA) is 92.3 Å². The molecule has 0 saturated carbocycles. The molecule has 0 radical (unpaired) electrons. The third kappa shape index (κ3) is 8.60. The molecule has 1 saturated heterocycles. The number of nitrogens with one attached hydrogen (secondary N) is 2. The molecule has 1 fully saturated rings. The number of carbonyl (C=O) groups excluding carboxylic acids is 2. The van der Waals surface area contributed by atoms with E-state index >= 15 is 0 Å². The van der Waals surface area contributed by atoms with Crippen LogP contribution in [-0.4, -0.2) is 68.4 Å². The van der Waals surface area contributed by atoms with E-state index in [1.54, 1.807) is 11.8 Å². The summed E-state index contributed by atoms with van der Waals surface area (Å²) in [4.78, 5) is 29.3. The van der Waals surface area contributed by atoms with Crippen LogP contribution < -0.4 is 10.6 Å². The van der Waals surface area contributed by atoms with Crippen LogP contribution >= 0.6 is 0 Å². The van der Waals surface area contributed by atoms with Crippen molar-refractivity contribution in [1.29, 1.82) is 0 Å². The van der Waals surface area contributed by atoms with Crippen molar-refractivity contribution in [2.45, 2.75) is 52.5 Å². The first kappa shape index (κ1) is 21.1. The standard InChI is InChI=1S/C17H32N4O4/c1-4-18-16(19-11-7-8-15(22)24-5-2)20-14-9-12-21(13-10-14)17(23)25-6-3/h14H,4-13H2,1-3H3,(H2,18,19,20). The number of guanidine groups is 1. The van der Waals surface area contributed by atoms with Crippen LogP contribution in [0.25, 0.3) is 0 Å². The first-order chi connectivity index (χ1) is 12.1. The number of nitrogens with zero attached hydrogens (tertiary/aromatic N) is 2. The predicted molar refractivity (Wildman–Crippen MR) is 96.6 cm³/mol. The van der Waals surface area contributed by atoms with Crippen LogP contribution in [0, 0.1) is 0 Å². The first-order valence-corrected chi connectivity index (χ1v) is 9.22. The van der Waals surface area contributed by atoms with Gasteiger partial charge in [0.25, 0.3) is 0 Å². The monoisotopic (exact) mass is 356 g/mol. The number of likely N-dealkylation sites (tertiary alicyclic amines) is 1. The highest BCUT2D eigenvalue weighted by Crippen LogP contribution is 2.11. The quantitative estimate of drug-likeness (QED) is 0.296. The number of ether oxygens (including phenoxy) is 2. The molecule has 0 bridgehead atoms. The second kappa shape index (κ2) is 12.4. The largest absolute Gasteiger partial charge is 0.466 e. The number of amides is 1. The summed E-state index contributed by atoms with van der Waals surface area (Å²) < 4.78 is 9.93. The van der Waals surface area contributed by atoms with Crippen molar-refractivity contribution in [3.8, 4) is 0 Å². The van der Waals surface area contributed by atoms with Crippen molar-refractivity contribution in [3.63, 3.8) is 0 Å². The zero-order valence-electron chi connectivity index (χ0n) is 15.7. The molecule has 2 N–H and O–H groups in total. The van der Waals surface area contributed by atoms with Crippen LogP contribution in [-0.2, 0) is 14.3 Å². The maximum Gasteiger partial charge on any atom is 0.409 e. The van der Waals surface area contributed by atoms with E-state index in [1.165, 1.54) is 0 Å². The van der Waals surface area contributed by atoms with Gasteiger partial charge in [0, 0.05) is 38.6 Å². The van der Waals surface area contributed by atoms with Gasteiger partial charge in [-0.1, -0.05) is 0 Å². The highest BCUT2D eigenvalue weighted by atomic mass is 16.6. The first-order valence-electron chi connectivity index (χ1n) is 9.22. The summed E-state index contributed by atoms with van der Waals surface area (Å²) in [6.45, 7) is 9.14. The number of rotatable bonds is 8. The van der Waals surface area contributed by atoms with E-state index in [9.17, 15) is 9.59 Å². The molecule has 0 aromatic carbocycles. The van der Waals surface area contributed by atoms with Crippen molar-refractivity contribution in [2.75, 3.05) is 39.4 Å². The van der Waals surface area contributed by atoms with Crippen LogP contribution in [0.1, 0.15) is 46.5 Å². The lowest BCUT2D eigenvalue weighted by atomic mass is 10.1. The van der Waals surface area contributed by atoms with Gasteiger partial charge in [0.05, 0.1) is 13.2 Å². The second-order valence-electron chi connectivity index (χ2n) is 5.77. The van der Waals surface area contributed by atoms with E-state index in [1.807, 2.05) is 13.8 Å². The molecule has 0 aromatic heterocycles. The minimum atomic E-state index is -0.236. The number of piperidine rings is 1. The molecule has 0 aliphatic carbocycles. The van der Waals surface area contributed by atoms with E-state index in [0.29, 0.717) is 45.7 Å². The molecule has 1 heterocycles. The molecule has 25 heavy (non-hydrogen) atoms. The van der Waals surface area contributed by atoms with Crippen LogP contribution in [0.5, 0.6) is 0 Å². The number of hydrogen-bond donors (Lipinski definition) is 2. The van der Waals surface area contributed by atoms with Crippen LogP contribution in [0.15, 0.2) is 4.99 Å². The van der Waals surface area contributed by atoms with Gasteiger partial charge in [-0.25, -0.2) is 4.79 Å². The highest BCUT2D eigenvalue weighted by Gasteiger charge is 2.23. The molecule has 0 atom stereocenters. The predicted octanol–water partition coefficient (Wildman–Crippen LogP) is 1.51. The summed E-state index contributed by atoms with van der Waals surface area (Å²) in [5.41, 5.74) is 0. The van der Waals surface area contributed by atoms with Crippen molar-refractivity contribution in [1.82, 2.24) is 15.5 Å². The lowest BCUT2D eigenvalue weighted by molar-refractivity contribution is -0.143. The Bertz CT molecular complexity index is 434. The van der Waals surface area contributed by atoms with Gasteiger partial charge in [0.15, 0.2) is 5.96 Å². The lowest BCUT2D eigenvalue weighted by Crippen LogP contribution is -2.49. The fraction of sp³-hybridized carbons (Fsp3) is 0.824. The zero-order chi connectivity index (χ0) is 18.5. The van der Waals surface area contributed by atoms with E-state index in [-0.39, 0.29) is 18.1 Å². The van der Waals surface area contributed by atoms with Crippen LogP contribution in [0.3, 0.4) is 0 Å². The summed E-state index contributed by atoms with van der Waals surface area (Å²) in [6.07, 6.45) is 2.52. The molecule has 144 valence electrons. The summed E-state index contributed by atoms with van der Waals surface area (Å²) in [7, 11) is 0. The van der Waals surface area contributed by atoms with Gasteiger partial charge in [-0.15, -0.1) is 0 Å². The molecular weight excluding hydrogens is 324 g/mol. The Kier molecular flexibility index (Phi) is 10.4. The third-order valence-corrected chi connectivity index (χ3v) is 3.82. The Morgan fingerprint density at radius 2 is 1.80 bits per heavy atom. The molecule has 1 rings (SSSR count). The van der Waals surface area contributed by atoms with Crippen LogP contribution in [0.4, 0.5) is 4.79 Å². The summed E-state index contributed by atoms with van der Waals surface area (Å²) >= 11 is 0. The fourth-order valence-corrected chi connectivity index (χ4v) is 2.58. The Balaban J connectivity index is 2.36. The highest BCUT2D eigenvalue weighted by molar-refractivity contribution is 5.80. The van der Waals surface area contributed by atoms with Crippen LogP contribution in [0.2, 0.25) is 0 Å². The second-order valence-corrected chi connectivity index (χ2v) is 5.77. The molecule has 8 heteroatoms. The van der Waals surface area contributed by atoms with Crippen molar-refractivity contribution >= 4 is 18.0 Å². The van der Waals surface area contributed by atoms with Gasteiger partial charge >= 0.3 is 12.1 Å². The lowest BCUT2D eigenvalue weighted by Gasteiger charge is -2.32. The molecule has 1 aliphatic rings. The van der Waals surface area contributed by atoms with Gasteiger partial charge in [0.1, 0.15) is 0 Å². The van der Waals surface area contributed by atoms with Crippen molar-refractivity contribution in [3.05, 3.63) is 0 Å². The summed E-state index contributed by atoms with van der Waals surface area (Å²) in [5, 5.41) is 6.62. The molecular formula is C17H32N4O4. The van der Waals surface area contributed by atoms with Gasteiger partial charge in [0.2, 0.25) is 0 Å². The Morgan fingerprint density at radius 1 is 1.12 bits per heavy atom. The Labute approximate surface area is 150 Å². The Hall–Kier alpha value is -1.99. The fourth-order valence-electron chi connectivity index (χ4n) is 2.58. The number of hydrogen-bond acceptors (Lipinski definition) is 5. The maximum absolute atomic E-state index is 11.7. The third-order valence-electron chi connectivity index (χ3n) is 3.82. The van der Waals surface area contributed by atoms with E-state index in [4.69, 9.17) is 9.47 Å². The molecule has 0 spiro atoms. The summed E-state index contributed by atoms with van der Waals surface area (Å²) in [6, 6.07) is 0.272. The normalized spacial score (nSPS) is 15.6.